The highest BCUT2D eigenvalue weighted by Crippen LogP contribution is 2.20. The average Bonchev–Trinajstić information content (AvgIpc) is 2.56. The molecule has 0 saturated heterocycles. The Kier molecular flexibility index (Phi) is 4.29. The fourth-order valence-corrected chi connectivity index (χ4v) is 1.86. The first-order chi connectivity index (χ1) is 5.84. The Morgan fingerprint density at radius 2 is 2.50 bits per heavy atom. The van der Waals surface area contributed by atoms with Crippen molar-refractivity contribution in [1.82, 2.24) is 0 Å². The predicted molar refractivity (Wildman–Crippen MR) is 52.4 cm³/mol. The van der Waals surface area contributed by atoms with Crippen LogP contribution in [0.5, 0.6) is 0 Å². The van der Waals surface area contributed by atoms with Crippen molar-refractivity contribution in [2.24, 2.45) is 5.73 Å². The molecule has 1 unspecified atom stereocenters. The molecule has 3 heteroatoms. The van der Waals surface area contributed by atoms with Crippen molar-refractivity contribution in [3.8, 4) is 0 Å². The van der Waals surface area contributed by atoms with Crippen LogP contribution in [0.25, 0.3) is 0 Å². The van der Waals surface area contributed by atoms with Crippen LogP contribution in [0.15, 0.2) is 17.5 Å². The summed E-state index contributed by atoms with van der Waals surface area (Å²) < 4.78 is 4.96. The maximum atomic E-state index is 5.94. The molecule has 1 heterocycles. The minimum absolute atomic E-state index is 0.195. The van der Waals surface area contributed by atoms with Gasteiger partial charge in [0.2, 0.25) is 0 Å². The van der Waals surface area contributed by atoms with Crippen LogP contribution in [0.3, 0.4) is 0 Å². The summed E-state index contributed by atoms with van der Waals surface area (Å²) in [5.74, 6) is 0. The van der Waals surface area contributed by atoms with Crippen LogP contribution in [0, 0.1) is 0 Å². The molecule has 0 spiro atoms. The number of ether oxygens (including phenoxy) is 1. The summed E-state index contributed by atoms with van der Waals surface area (Å²) in [5, 5.41) is 2.06. The highest BCUT2D eigenvalue weighted by molar-refractivity contribution is 7.10. The number of rotatable bonds is 5. The quantitative estimate of drug-likeness (QED) is 0.714. The summed E-state index contributed by atoms with van der Waals surface area (Å²) in [7, 11) is 1.72. The van der Waals surface area contributed by atoms with E-state index in [1.807, 2.05) is 6.07 Å². The van der Waals surface area contributed by atoms with Crippen LogP contribution in [0.4, 0.5) is 0 Å². The molecule has 0 saturated carbocycles. The van der Waals surface area contributed by atoms with Crippen molar-refractivity contribution >= 4 is 11.3 Å². The zero-order valence-corrected chi connectivity index (χ0v) is 8.14. The molecule has 68 valence electrons. The Morgan fingerprint density at radius 1 is 1.67 bits per heavy atom. The first-order valence-electron chi connectivity index (χ1n) is 4.12. The van der Waals surface area contributed by atoms with Gasteiger partial charge in [0.15, 0.2) is 0 Å². The Bertz CT molecular complexity index is 198. The molecule has 2 N–H and O–H groups in total. The Labute approximate surface area is 77.3 Å². The molecule has 12 heavy (non-hydrogen) atoms. The smallest absolute Gasteiger partial charge is 0.0462 e. The van der Waals surface area contributed by atoms with Gasteiger partial charge in [0, 0.05) is 24.6 Å². The summed E-state index contributed by atoms with van der Waals surface area (Å²) >= 11 is 1.72. The van der Waals surface area contributed by atoms with Gasteiger partial charge in [-0.1, -0.05) is 6.07 Å². The lowest BCUT2D eigenvalue weighted by molar-refractivity contribution is 0.190. The topological polar surface area (TPSA) is 35.2 Å². The van der Waals surface area contributed by atoms with E-state index in [0.29, 0.717) is 0 Å². The van der Waals surface area contributed by atoms with Crippen LogP contribution in [-0.2, 0) is 4.74 Å². The van der Waals surface area contributed by atoms with Gasteiger partial charge in [-0.25, -0.2) is 0 Å². The van der Waals surface area contributed by atoms with E-state index in [4.69, 9.17) is 10.5 Å². The van der Waals surface area contributed by atoms with Gasteiger partial charge in [0.1, 0.15) is 0 Å². The number of hydrogen-bond donors (Lipinski definition) is 1. The molecule has 0 amide bonds. The molecule has 1 atom stereocenters. The molecule has 2 nitrogen and oxygen atoms in total. The zero-order valence-electron chi connectivity index (χ0n) is 7.32. The number of thiophene rings is 1. The zero-order chi connectivity index (χ0) is 8.81. The van der Waals surface area contributed by atoms with Crippen molar-refractivity contribution in [1.29, 1.82) is 0 Å². The Hall–Kier alpha value is -0.380. The van der Waals surface area contributed by atoms with E-state index in [9.17, 15) is 0 Å². The maximum Gasteiger partial charge on any atom is 0.0462 e. The maximum absolute atomic E-state index is 5.94. The van der Waals surface area contributed by atoms with E-state index in [1.54, 1.807) is 18.4 Å². The van der Waals surface area contributed by atoms with Crippen molar-refractivity contribution in [3.05, 3.63) is 22.4 Å². The summed E-state index contributed by atoms with van der Waals surface area (Å²) in [5.41, 5.74) is 5.94. The van der Waals surface area contributed by atoms with Gasteiger partial charge in [0.05, 0.1) is 0 Å². The lowest BCUT2D eigenvalue weighted by Crippen LogP contribution is -2.09. The standard InChI is InChI=1S/C9H15NOS/c1-11-6-2-4-8(10)9-5-3-7-12-9/h3,5,7-8H,2,4,6,10H2,1H3. The highest BCUT2D eigenvalue weighted by Gasteiger charge is 2.05. The number of nitrogens with two attached hydrogens (primary N) is 1. The second kappa shape index (κ2) is 5.30. The van der Waals surface area contributed by atoms with Gasteiger partial charge in [-0.3, -0.25) is 0 Å². The summed E-state index contributed by atoms with van der Waals surface area (Å²) in [6.07, 6.45) is 2.05. The van der Waals surface area contributed by atoms with Crippen LogP contribution in [0.2, 0.25) is 0 Å². The molecule has 0 aliphatic carbocycles. The predicted octanol–water partition coefficient (Wildman–Crippen LogP) is 2.17. The second-order valence-electron chi connectivity index (χ2n) is 2.76. The van der Waals surface area contributed by atoms with Gasteiger partial charge in [-0.2, -0.15) is 0 Å². The van der Waals surface area contributed by atoms with E-state index < -0.39 is 0 Å². The van der Waals surface area contributed by atoms with Crippen molar-refractivity contribution in [2.75, 3.05) is 13.7 Å². The second-order valence-corrected chi connectivity index (χ2v) is 3.74. The van der Waals surface area contributed by atoms with Gasteiger partial charge in [-0.15, -0.1) is 11.3 Å². The first-order valence-corrected chi connectivity index (χ1v) is 5.00. The van der Waals surface area contributed by atoms with Crippen molar-refractivity contribution in [3.63, 3.8) is 0 Å². The number of hydrogen-bond acceptors (Lipinski definition) is 3. The summed E-state index contributed by atoms with van der Waals surface area (Å²) in [4.78, 5) is 1.27. The molecule has 0 aromatic carbocycles. The average molecular weight is 185 g/mol. The van der Waals surface area contributed by atoms with Gasteiger partial charge < -0.3 is 10.5 Å². The fraction of sp³-hybridized carbons (Fsp3) is 0.556. The molecule has 0 aliphatic heterocycles. The van der Waals surface area contributed by atoms with Crippen LogP contribution in [-0.4, -0.2) is 13.7 Å². The molecule has 0 bridgehead atoms. The van der Waals surface area contributed by atoms with Gasteiger partial charge in [0.25, 0.3) is 0 Å². The molecular formula is C9H15NOS. The monoisotopic (exact) mass is 185 g/mol. The third-order valence-electron chi connectivity index (χ3n) is 1.77. The fourth-order valence-electron chi connectivity index (χ4n) is 1.09. The lowest BCUT2D eigenvalue weighted by atomic mass is 10.1. The summed E-state index contributed by atoms with van der Waals surface area (Å²) in [6.45, 7) is 0.805. The van der Waals surface area contributed by atoms with E-state index in [0.717, 1.165) is 19.4 Å². The molecular weight excluding hydrogens is 170 g/mol. The van der Waals surface area contributed by atoms with Gasteiger partial charge in [-0.05, 0) is 24.3 Å². The third-order valence-corrected chi connectivity index (χ3v) is 2.78. The van der Waals surface area contributed by atoms with Crippen molar-refractivity contribution in [2.45, 2.75) is 18.9 Å². The number of methoxy groups -OCH3 is 1. The molecule has 1 aromatic heterocycles. The molecule has 1 rings (SSSR count). The van der Waals surface area contributed by atoms with E-state index in [1.165, 1.54) is 4.88 Å². The molecule has 0 aliphatic rings. The molecule has 0 radical (unpaired) electrons. The third kappa shape index (κ3) is 2.93. The van der Waals surface area contributed by atoms with E-state index in [2.05, 4.69) is 11.4 Å². The highest BCUT2D eigenvalue weighted by atomic mass is 32.1. The normalized spacial score (nSPS) is 13.2. The van der Waals surface area contributed by atoms with Gasteiger partial charge >= 0.3 is 0 Å². The minimum atomic E-state index is 0.195. The minimum Gasteiger partial charge on any atom is -0.385 e. The van der Waals surface area contributed by atoms with E-state index >= 15 is 0 Å². The van der Waals surface area contributed by atoms with Crippen LogP contribution < -0.4 is 5.73 Å². The van der Waals surface area contributed by atoms with Crippen molar-refractivity contribution < 1.29 is 4.74 Å². The van der Waals surface area contributed by atoms with Crippen LogP contribution in [0.1, 0.15) is 23.8 Å². The van der Waals surface area contributed by atoms with Crippen LogP contribution >= 0.6 is 11.3 Å². The lowest BCUT2D eigenvalue weighted by Gasteiger charge is -2.07. The Morgan fingerprint density at radius 3 is 3.08 bits per heavy atom. The van der Waals surface area contributed by atoms with E-state index in [-0.39, 0.29) is 6.04 Å². The summed E-state index contributed by atoms with van der Waals surface area (Å²) in [6, 6.07) is 4.32. The molecule has 0 fully saturated rings. The Balaban J connectivity index is 2.25. The SMILES string of the molecule is COCCCC(N)c1cccs1. The molecule has 1 aromatic rings. The largest absolute Gasteiger partial charge is 0.385 e. The first kappa shape index (κ1) is 9.71.